The first-order chi connectivity index (χ1) is 6.61. The Morgan fingerprint density at radius 3 is 2.29 bits per heavy atom. The van der Waals surface area contributed by atoms with Crippen LogP contribution in [0.1, 0.15) is 18.5 Å². The minimum absolute atomic E-state index is 0.400. The standard InChI is InChI=1S/C10H11NO3/c1-7(12)11-9(10(13)14)8-5-3-2-4-6-8/h2-6,9H,1H3,(H,11,12)(H,13,14)/p-1/t9-/m0/s1. The molecule has 1 aromatic rings. The van der Waals surface area contributed by atoms with Gasteiger partial charge >= 0.3 is 0 Å². The van der Waals surface area contributed by atoms with E-state index in [-0.39, 0.29) is 0 Å². The molecule has 1 N–H and O–H groups in total. The highest BCUT2D eigenvalue weighted by Crippen LogP contribution is 2.10. The first-order valence-electron chi connectivity index (χ1n) is 4.14. The van der Waals surface area contributed by atoms with Crippen LogP contribution in [0.15, 0.2) is 30.3 Å². The van der Waals surface area contributed by atoms with Crippen molar-refractivity contribution in [1.29, 1.82) is 0 Å². The molecule has 0 aromatic heterocycles. The fourth-order valence-corrected chi connectivity index (χ4v) is 1.13. The Bertz CT molecular complexity index is 334. The zero-order chi connectivity index (χ0) is 10.6. The van der Waals surface area contributed by atoms with Crippen LogP contribution >= 0.6 is 0 Å². The highest BCUT2D eigenvalue weighted by atomic mass is 16.4. The molecular weight excluding hydrogens is 182 g/mol. The smallest absolute Gasteiger partial charge is 0.217 e. The van der Waals surface area contributed by atoms with Crippen LogP contribution in [0.3, 0.4) is 0 Å². The summed E-state index contributed by atoms with van der Waals surface area (Å²) in [7, 11) is 0. The van der Waals surface area contributed by atoms with Crippen LogP contribution in [0.5, 0.6) is 0 Å². The Labute approximate surface area is 81.6 Å². The number of aliphatic carboxylic acids is 1. The van der Waals surface area contributed by atoms with E-state index in [0.717, 1.165) is 0 Å². The second kappa shape index (κ2) is 4.41. The number of nitrogens with one attached hydrogen (secondary N) is 1. The van der Waals surface area contributed by atoms with Gasteiger partial charge in [0.15, 0.2) is 0 Å². The summed E-state index contributed by atoms with van der Waals surface area (Å²) in [5.74, 6) is -1.71. The van der Waals surface area contributed by atoms with Gasteiger partial charge < -0.3 is 15.2 Å². The summed E-state index contributed by atoms with van der Waals surface area (Å²) in [5.41, 5.74) is 0.503. The van der Waals surface area contributed by atoms with Crippen molar-refractivity contribution < 1.29 is 14.7 Å². The normalized spacial score (nSPS) is 11.8. The lowest BCUT2D eigenvalue weighted by Crippen LogP contribution is -2.40. The van der Waals surface area contributed by atoms with Gasteiger partial charge in [-0.1, -0.05) is 30.3 Å². The molecule has 14 heavy (non-hydrogen) atoms. The zero-order valence-corrected chi connectivity index (χ0v) is 7.69. The summed E-state index contributed by atoms with van der Waals surface area (Å²) in [6.07, 6.45) is 0. The lowest BCUT2D eigenvalue weighted by Gasteiger charge is -2.18. The van der Waals surface area contributed by atoms with Crippen LogP contribution in [-0.2, 0) is 9.59 Å². The van der Waals surface area contributed by atoms with Gasteiger partial charge in [-0.05, 0) is 5.56 Å². The number of carbonyl (C=O) groups excluding carboxylic acids is 2. The van der Waals surface area contributed by atoms with Gasteiger partial charge in [-0.3, -0.25) is 4.79 Å². The van der Waals surface area contributed by atoms with Gasteiger partial charge in [0, 0.05) is 6.92 Å². The molecule has 0 spiro atoms. The number of amides is 1. The van der Waals surface area contributed by atoms with Crippen LogP contribution in [0, 0.1) is 0 Å². The zero-order valence-electron chi connectivity index (χ0n) is 7.69. The van der Waals surface area contributed by atoms with Crippen molar-refractivity contribution in [1.82, 2.24) is 5.32 Å². The molecule has 0 heterocycles. The van der Waals surface area contributed by atoms with E-state index in [1.165, 1.54) is 6.92 Å². The molecule has 1 aromatic carbocycles. The molecule has 1 amide bonds. The predicted octanol–water partition coefficient (Wildman–Crippen LogP) is -0.386. The Morgan fingerprint density at radius 1 is 1.29 bits per heavy atom. The molecule has 0 saturated heterocycles. The number of hydrogen-bond acceptors (Lipinski definition) is 3. The lowest BCUT2D eigenvalue weighted by molar-refractivity contribution is -0.308. The van der Waals surface area contributed by atoms with Crippen molar-refractivity contribution in [2.75, 3.05) is 0 Å². The van der Waals surface area contributed by atoms with Crippen molar-refractivity contribution in [3.63, 3.8) is 0 Å². The van der Waals surface area contributed by atoms with Gasteiger partial charge in [0.25, 0.3) is 0 Å². The molecule has 0 unspecified atom stereocenters. The Morgan fingerprint density at radius 2 is 1.86 bits per heavy atom. The van der Waals surface area contributed by atoms with E-state index in [1.54, 1.807) is 30.3 Å². The van der Waals surface area contributed by atoms with Crippen LogP contribution in [0.25, 0.3) is 0 Å². The minimum Gasteiger partial charge on any atom is -0.548 e. The van der Waals surface area contributed by atoms with Gasteiger partial charge in [-0.25, -0.2) is 0 Å². The van der Waals surface area contributed by atoms with E-state index in [4.69, 9.17) is 0 Å². The molecule has 0 saturated carbocycles. The average Bonchev–Trinajstić information content (AvgIpc) is 2.15. The molecule has 74 valence electrons. The summed E-state index contributed by atoms with van der Waals surface area (Å²) >= 11 is 0. The number of carbonyl (C=O) groups is 2. The summed E-state index contributed by atoms with van der Waals surface area (Å²) < 4.78 is 0. The summed E-state index contributed by atoms with van der Waals surface area (Å²) in [5, 5.41) is 13.0. The summed E-state index contributed by atoms with van der Waals surface area (Å²) in [4.78, 5) is 21.4. The number of carboxylic acids is 1. The van der Waals surface area contributed by atoms with Gasteiger partial charge in [-0.15, -0.1) is 0 Å². The van der Waals surface area contributed by atoms with E-state index in [1.807, 2.05) is 0 Å². The van der Waals surface area contributed by atoms with Crippen LogP contribution in [0.2, 0.25) is 0 Å². The molecule has 0 bridgehead atoms. The topological polar surface area (TPSA) is 69.2 Å². The molecule has 0 aliphatic heterocycles. The number of carboxylic acid groups (broad SMARTS) is 1. The number of rotatable bonds is 3. The molecule has 1 atom stereocenters. The van der Waals surface area contributed by atoms with Crippen LogP contribution in [0.4, 0.5) is 0 Å². The fraction of sp³-hybridized carbons (Fsp3) is 0.200. The maximum Gasteiger partial charge on any atom is 0.217 e. The Hall–Kier alpha value is -1.84. The van der Waals surface area contributed by atoms with Crippen LogP contribution < -0.4 is 10.4 Å². The van der Waals surface area contributed by atoms with Crippen molar-refractivity contribution in [3.8, 4) is 0 Å². The molecule has 0 aliphatic carbocycles. The summed E-state index contributed by atoms with van der Waals surface area (Å²) in [6, 6.07) is 7.34. The highest BCUT2D eigenvalue weighted by Gasteiger charge is 2.12. The van der Waals surface area contributed by atoms with E-state index < -0.39 is 17.9 Å². The van der Waals surface area contributed by atoms with Crippen molar-refractivity contribution in [2.45, 2.75) is 13.0 Å². The first-order valence-corrected chi connectivity index (χ1v) is 4.14. The predicted molar refractivity (Wildman–Crippen MR) is 48.0 cm³/mol. The van der Waals surface area contributed by atoms with E-state index in [2.05, 4.69) is 5.32 Å². The van der Waals surface area contributed by atoms with Crippen LogP contribution in [-0.4, -0.2) is 11.9 Å². The molecule has 1 rings (SSSR count). The quantitative estimate of drug-likeness (QED) is 0.709. The van der Waals surface area contributed by atoms with Gasteiger partial charge in [-0.2, -0.15) is 0 Å². The Balaban J connectivity index is 2.89. The molecular formula is C10H10NO3-. The third-order valence-corrected chi connectivity index (χ3v) is 1.72. The third-order valence-electron chi connectivity index (χ3n) is 1.72. The SMILES string of the molecule is CC(=O)N[C@H](C(=O)[O-])c1ccccc1. The van der Waals surface area contributed by atoms with Crippen molar-refractivity contribution in [2.24, 2.45) is 0 Å². The third kappa shape index (κ3) is 2.58. The van der Waals surface area contributed by atoms with Gasteiger partial charge in [0.2, 0.25) is 5.91 Å². The first kappa shape index (κ1) is 10.2. The average molecular weight is 192 g/mol. The summed E-state index contributed by atoms with van der Waals surface area (Å²) in [6.45, 7) is 1.26. The Kier molecular flexibility index (Phi) is 3.23. The maximum atomic E-state index is 10.7. The van der Waals surface area contributed by atoms with Gasteiger partial charge in [0.1, 0.15) is 0 Å². The van der Waals surface area contributed by atoms with E-state index in [0.29, 0.717) is 5.56 Å². The largest absolute Gasteiger partial charge is 0.548 e. The minimum atomic E-state index is -1.31. The molecule has 0 aliphatic rings. The van der Waals surface area contributed by atoms with Crippen molar-refractivity contribution in [3.05, 3.63) is 35.9 Å². The maximum absolute atomic E-state index is 10.7. The second-order valence-corrected chi connectivity index (χ2v) is 2.86. The molecule has 0 radical (unpaired) electrons. The van der Waals surface area contributed by atoms with Crippen molar-refractivity contribution >= 4 is 11.9 Å². The lowest BCUT2D eigenvalue weighted by atomic mass is 10.1. The number of hydrogen-bond donors (Lipinski definition) is 1. The van der Waals surface area contributed by atoms with E-state index >= 15 is 0 Å². The van der Waals surface area contributed by atoms with E-state index in [9.17, 15) is 14.7 Å². The molecule has 4 heteroatoms. The second-order valence-electron chi connectivity index (χ2n) is 2.86. The fourth-order valence-electron chi connectivity index (χ4n) is 1.13. The molecule has 0 fully saturated rings. The van der Waals surface area contributed by atoms with Gasteiger partial charge in [0.05, 0.1) is 12.0 Å². The monoisotopic (exact) mass is 192 g/mol. The highest BCUT2D eigenvalue weighted by molar-refractivity contribution is 5.82. The number of benzene rings is 1. The molecule has 4 nitrogen and oxygen atoms in total.